The van der Waals surface area contributed by atoms with Gasteiger partial charge in [-0.3, -0.25) is 0 Å². The van der Waals surface area contributed by atoms with Crippen LogP contribution in [0, 0.1) is 6.92 Å². The molecule has 0 spiro atoms. The number of aryl methyl sites for hydroxylation is 2. The Kier molecular flexibility index (Phi) is 3.81. The summed E-state index contributed by atoms with van der Waals surface area (Å²) >= 11 is 0. The molecule has 0 saturated carbocycles. The third-order valence-corrected chi connectivity index (χ3v) is 2.18. The van der Waals surface area contributed by atoms with E-state index in [4.69, 9.17) is 9.47 Å². The van der Waals surface area contributed by atoms with Crippen LogP contribution in [0.3, 0.4) is 0 Å². The molecule has 0 bridgehead atoms. The van der Waals surface area contributed by atoms with Crippen molar-refractivity contribution in [1.29, 1.82) is 0 Å². The number of hydrogen-bond donors (Lipinski definition) is 0. The van der Waals surface area contributed by atoms with Crippen molar-refractivity contribution < 1.29 is 9.47 Å². The molecular formula is C12H18O2. The van der Waals surface area contributed by atoms with Gasteiger partial charge in [0.15, 0.2) is 11.5 Å². The van der Waals surface area contributed by atoms with Gasteiger partial charge in [0.1, 0.15) is 0 Å². The summed E-state index contributed by atoms with van der Waals surface area (Å²) in [5.74, 6) is 1.87. The number of ether oxygens (including phenoxy) is 2. The molecule has 0 unspecified atom stereocenters. The summed E-state index contributed by atoms with van der Waals surface area (Å²) in [5.41, 5.74) is 2.38. The van der Waals surface area contributed by atoms with E-state index in [1.54, 1.807) is 0 Å². The van der Waals surface area contributed by atoms with Crippen LogP contribution in [-0.2, 0) is 6.42 Å². The fraction of sp³-hybridized carbons (Fsp3) is 0.500. The number of rotatable bonds is 1. The monoisotopic (exact) mass is 194 g/mol. The van der Waals surface area contributed by atoms with Gasteiger partial charge in [-0.1, -0.05) is 32.9 Å². The van der Waals surface area contributed by atoms with Crippen molar-refractivity contribution >= 4 is 0 Å². The third-order valence-electron chi connectivity index (χ3n) is 2.18. The fourth-order valence-corrected chi connectivity index (χ4v) is 1.47. The maximum atomic E-state index is 5.38. The molecule has 2 heteroatoms. The summed E-state index contributed by atoms with van der Waals surface area (Å²) in [4.78, 5) is 0. The zero-order chi connectivity index (χ0) is 10.6. The van der Waals surface area contributed by atoms with E-state index in [1.165, 1.54) is 5.56 Å². The lowest BCUT2D eigenvalue weighted by atomic mass is 10.1. The largest absolute Gasteiger partial charge is 0.453 e. The van der Waals surface area contributed by atoms with Gasteiger partial charge >= 0.3 is 0 Å². The van der Waals surface area contributed by atoms with E-state index >= 15 is 0 Å². The van der Waals surface area contributed by atoms with E-state index in [2.05, 4.69) is 19.1 Å². The average molecular weight is 194 g/mol. The molecule has 0 atom stereocenters. The Morgan fingerprint density at radius 2 is 1.79 bits per heavy atom. The van der Waals surface area contributed by atoms with Crippen LogP contribution in [0.1, 0.15) is 31.9 Å². The molecule has 0 aromatic heterocycles. The number of hydrogen-bond acceptors (Lipinski definition) is 2. The first kappa shape index (κ1) is 10.9. The van der Waals surface area contributed by atoms with Crippen molar-refractivity contribution in [2.75, 3.05) is 6.79 Å². The van der Waals surface area contributed by atoms with Crippen LogP contribution in [-0.4, -0.2) is 6.79 Å². The first-order valence-electron chi connectivity index (χ1n) is 5.21. The quantitative estimate of drug-likeness (QED) is 0.682. The highest BCUT2D eigenvalue weighted by Crippen LogP contribution is 2.38. The molecule has 1 aliphatic heterocycles. The van der Waals surface area contributed by atoms with Gasteiger partial charge in [-0.15, -0.1) is 0 Å². The standard InChI is InChI=1S/C10H12O2.C2H6/c1-3-8-5-4-7(2)9-10(8)12-6-11-9;1-2/h4-5H,3,6H2,1-2H3;1-2H3. The predicted molar refractivity (Wildman–Crippen MR) is 58.0 cm³/mol. The summed E-state index contributed by atoms with van der Waals surface area (Å²) in [6.45, 7) is 8.52. The van der Waals surface area contributed by atoms with Gasteiger partial charge in [0.25, 0.3) is 0 Å². The topological polar surface area (TPSA) is 18.5 Å². The Morgan fingerprint density at radius 1 is 1.14 bits per heavy atom. The summed E-state index contributed by atoms with van der Waals surface area (Å²) in [5, 5.41) is 0. The van der Waals surface area contributed by atoms with Crippen molar-refractivity contribution in [2.45, 2.75) is 34.1 Å². The van der Waals surface area contributed by atoms with Gasteiger partial charge in [0, 0.05) is 0 Å². The third kappa shape index (κ3) is 1.84. The van der Waals surface area contributed by atoms with E-state index < -0.39 is 0 Å². The molecule has 2 rings (SSSR count). The molecular weight excluding hydrogens is 176 g/mol. The van der Waals surface area contributed by atoms with Crippen LogP contribution in [0.4, 0.5) is 0 Å². The summed E-state index contributed by atoms with van der Waals surface area (Å²) in [6, 6.07) is 4.18. The number of benzene rings is 1. The fourth-order valence-electron chi connectivity index (χ4n) is 1.47. The molecule has 2 nitrogen and oxygen atoms in total. The Labute approximate surface area is 85.8 Å². The Bertz CT molecular complexity index is 305. The van der Waals surface area contributed by atoms with E-state index in [0.717, 1.165) is 23.5 Å². The molecule has 0 N–H and O–H groups in total. The van der Waals surface area contributed by atoms with Crippen LogP contribution in [0.15, 0.2) is 12.1 Å². The van der Waals surface area contributed by atoms with E-state index in [-0.39, 0.29) is 0 Å². The molecule has 1 heterocycles. The van der Waals surface area contributed by atoms with Crippen LogP contribution in [0.5, 0.6) is 11.5 Å². The van der Waals surface area contributed by atoms with Gasteiger partial charge in [-0.25, -0.2) is 0 Å². The highest BCUT2D eigenvalue weighted by molar-refractivity contribution is 5.52. The maximum absolute atomic E-state index is 5.38. The Balaban J connectivity index is 0.000000461. The van der Waals surface area contributed by atoms with E-state index in [9.17, 15) is 0 Å². The predicted octanol–water partition coefficient (Wildman–Crippen LogP) is 3.31. The van der Waals surface area contributed by atoms with Crippen LogP contribution in [0.25, 0.3) is 0 Å². The minimum Gasteiger partial charge on any atom is -0.453 e. The second kappa shape index (κ2) is 4.89. The van der Waals surface area contributed by atoms with Gasteiger partial charge < -0.3 is 9.47 Å². The first-order chi connectivity index (χ1) is 6.83. The maximum Gasteiger partial charge on any atom is 0.231 e. The second-order valence-electron chi connectivity index (χ2n) is 2.96. The summed E-state index contributed by atoms with van der Waals surface area (Å²) in [7, 11) is 0. The van der Waals surface area contributed by atoms with Crippen molar-refractivity contribution in [3.05, 3.63) is 23.3 Å². The van der Waals surface area contributed by atoms with E-state index in [1.807, 2.05) is 20.8 Å². The van der Waals surface area contributed by atoms with Crippen LogP contribution < -0.4 is 9.47 Å². The van der Waals surface area contributed by atoms with Gasteiger partial charge in [0.05, 0.1) is 0 Å². The molecule has 0 saturated heterocycles. The van der Waals surface area contributed by atoms with Crippen molar-refractivity contribution in [3.63, 3.8) is 0 Å². The Morgan fingerprint density at radius 3 is 2.43 bits per heavy atom. The van der Waals surface area contributed by atoms with Gasteiger partial charge in [-0.2, -0.15) is 0 Å². The minimum atomic E-state index is 0.368. The first-order valence-corrected chi connectivity index (χ1v) is 5.21. The molecule has 14 heavy (non-hydrogen) atoms. The van der Waals surface area contributed by atoms with Crippen molar-refractivity contribution in [2.24, 2.45) is 0 Å². The molecule has 1 aliphatic rings. The highest BCUT2D eigenvalue weighted by Gasteiger charge is 2.18. The van der Waals surface area contributed by atoms with Gasteiger partial charge in [-0.05, 0) is 24.5 Å². The smallest absolute Gasteiger partial charge is 0.231 e. The van der Waals surface area contributed by atoms with Gasteiger partial charge in [0.2, 0.25) is 6.79 Å². The van der Waals surface area contributed by atoms with Crippen LogP contribution in [0.2, 0.25) is 0 Å². The van der Waals surface area contributed by atoms with Crippen molar-refractivity contribution in [3.8, 4) is 11.5 Å². The zero-order valence-electron chi connectivity index (χ0n) is 9.39. The SMILES string of the molecule is CC.CCc1ccc(C)c2c1OCO2. The van der Waals surface area contributed by atoms with E-state index in [0.29, 0.717) is 6.79 Å². The normalized spacial score (nSPS) is 12.0. The lowest BCUT2D eigenvalue weighted by Gasteiger charge is -2.04. The minimum absolute atomic E-state index is 0.368. The molecule has 0 aliphatic carbocycles. The molecule has 1 aromatic carbocycles. The van der Waals surface area contributed by atoms with Crippen LogP contribution >= 0.6 is 0 Å². The summed E-state index contributed by atoms with van der Waals surface area (Å²) < 4.78 is 10.7. The zero-order valence-corrected chi connectivity index (χ0v) is 9.39. The average Bonchev–Trinajstić information content (AvgIpc) is 2.71. The van der Waals surface area contributed by atoms with Crippen molar-refractivity contribution in [1.82, 2.24) is 0 Å². The molecule has 1 aromatic rings. The lowest BCUT2D eigenvalue weighted by molar-refractivity contribution is 0.173. The molecule has 0 radical (unpaired) electrons. The second-order valence-corrected chi connectivity index (χ2v) is 2.96. The molecule has 0 fully saturated rings. The molecule has 78 valence electrons. The lowest BCUT2D eigenvalue weighted by Crippen LogP contribution is -1.94. The number of fused-ring (bicyclic) bond motifs is 1. The Hall–Kier alpha value is -1.18. The molecule has 0 amide bonds. The summed E-state index contributed by atoms with van der Waals surface area (Å²) in [6.07, 6.45) is 0.992. The highest BCUT2D eigenvalue weighted by atomic mass is 16.7.